The number of halogens is 3. The molecule has 4 unspecified atom stereocenters. The van der Waals surface area contributed by atoms with Crippen LogP contribution in [0.15, 0.2) is 18.2 Å². The summed E-state index contributed by atoms with van der Waals surface area (Å²) in [4.78, 5) is 0.371. The maximum atomic E-state index is 6.37. The van der Waals surface area contributed by atoms with Crippen LogP contribution in [0.25, 0.3) is 0 Å². The molecule has 3 rings (SSSR count). The minimum atomic E-state index is 0.371. The molecule has 0 N–H and O–H groups in total. The van der Waals surface area contributed by atoms with Crippen LogP contribution >= 0.6 is 39.1 Å². The van der Waals surface area contributed by atoms with E-state index in [4.69, 9.17) is 23.2 Å². The minimum absolute atomic E-state index is 0.371. The molecule has 2 fully saturated rings. The van der Waals surface area contributed by atoms with Gasteiger partial charge in [-0.3, -0.25) is 0 Å². The maximum absolute atomic E-state index is 6.37. The van der Waals surface area contributed by atoms with Gasteiger partial charge in [-0.15, -0.1) is 0 Å². The molecule has 2 aliphatic carbocycles. The van der Waals surface area contributed by atoms with Crippen molar-refractivity contribution in [3.63, 3.8) is 0 Å². The first kappa shape index (κ1) is 15.2. The van der Waals surface area contributed by atoms with Crippen molar-refractivity contribution in [1.82, 2.24) is 0 Å². The Kier molecular flexibility index (Phi) is 5.00. The summed E-state index contributed by atoms with van der Waals surface area (Å²) in [6, 6.07) is 5.89. The third kappa shape index (κ3) is 3.20. The molecule has 0 bridgehead atoms. The standard InChI is InChI=1S/C17H21BrCl2/c18-17(15-8-7-14(19)10-16(15)20)13-6-5-11-3-1-2-4-12(11)9-13/h7-8,10-13,17H,1-6,9H2. The van der Waals surface area contributed by atoms with Crippen LogP contribution in [-0.2, 0) is 0 Å². The van der Waals surface area contributed by atoms with Crippen LogP contribution in [0.1, 0.15) is 55.3 Å². The zero-order chi connectivity index (χ0) is 14.1. The van der Waals surface area contributed by atoms with Crippen molar-refractivity contribution >= 4 is 39.1 Å². The molecule has 1 aromatic carbocycles. The highest BCUT2D eigenvalue weighted by molar-refractivity contribution is 9.09. The number of hydrogen-bond donors (Lipinski definition) is 0. The average molecular weight is 376 g/mol. The molecule has 0 aromatic heterocycles. The Morgan fingerprint density at radius 3 is 2.50 bits per heavy atom. The van der Waals surface area contributed by atoms with E-state index in [0.29, 0.717) is 10.7 Å². The second kappa shape index (κ2) is 6.58. The summed E-state index contributed by atoms with van der Waals surface area (Å²) in [5, 5.41) is 1.51. The highest BCUT2D eigenvalue weighted by atomic mass is 79.9. The molecular formula is C17H21BrCl2. The van der Waals surface area contributed by atoms with Crippen LogP contribution < -0.4 is 0 Å². The van der Waals surface area contributed by atoms with E-state index in [2.05, 4.69) is 22.0 Å². The number of rotatable bonds is 2. The molecule has 0 heterocycles. The molecule has 0 spiro atoms. The van der Waals surface area contributed by atoms with Gasteiger partial charge in [-0.2, -0.15) is 0 Å². The molecule has 0 nitrogen and oxygen atoms in total. The van der Waals surface area contributed by atoms with Crippen molar-refractivity contribution in [2.75, 3.05) is 0 Å². The first-order chi connectivity index (χ1) is 9.65. The van der Waals surface area contributed by atoms with Gasteiger partial charge in [0.15, 0.2) is 0 Å². The molecule has 2 aliphatic rings. The van der Waals surface area contributed by atoms with Crippen LogP contribution in [0, 0.1) is 17.8 Å². The van der Waals surface area contributed by atoms with E-state index in [1.807, 2.05) is 12.1 Å². The topological polar surface area (TPSA) is 0 Å². The van der Waals surface area contributed by atoms with E-state index in [0.717, 1.165) is 21.9 Å². The first-order valence-electron chi connectivity index (χ1n) is 7.74. The third-order valence-electron chi connectivity index (χ3n) is 5.25. The Bertz CT molecular complexity index is 474. The first-order valence-corrected chi connectivity index (χ1v) is 9.41. The quantitative estimate of drug-likeness (QED) is 0.486. The van der Waals surface area contributed by atoms with Gasteiger partial charge < -0.3 is 0 Å². The van der Waals surface area contributed by atoms with Gasteiger partial charge in [0.05, 0.1) is 0 Å². The van der Waals surface area contributed by atoms with E-state index < -0.39 is 0 Å². The van der Waals surface area contributed by atoms with Gasteiger partial charge in [-0.1, -0.05) is 70.9 Å². The lowest BCUT2D eigenvalue weighted by Gasteiger charge is -2.41. The lowest BCUT2D eigenvalue weighted by Crippen LogP contribution is -2.29. The van der Waals surface area contributed by atoms with Gasteiger partial charge in [0.2, 0.25) is 0 Å². The fourth-order valence-electron chi connectivity index (χ4n) is 4.15. The Balaban J connectivity index is 1.72. The number of fused-ring (bicyclic) bond motifs is 1. The molecule has 0 saturated heterocycles. The second-order valence-electron chi connectivity index (χ2n) is 6.45. The lowest BCUT2D eigenvalue weighted by atomic mass is 9.66. The molecule has 0 radical (unpaired) electrons. The van der Waals surface area contributed by atoms with E-state index in [9.17, 15) is 0 Å². The van der Waals surface area contributed by atoms with Gasteiger partial charge in [-0.25, -0.2) is 0 Å². The molecule has 1 aromatic rings. The van der Waals surface area contributed by atoms with Gasteiger partial charge in [0.1, 0.15) is 0 Å². The molecule has 0 amide bonds. The summed E-state index contributed by atoms with van der Waals surface area (Å²) >= 11 is 16.3. The van der Waals surface area contributed by atoms with E-state index in [-0.39, 0.29) is 0 Å². The summed E-state index contributed by atoms with van der Waals surface area (Å²) in [7, 11) is 0. The zero-order valence-corrected chi connectivity index (χ0v) is 14.7. The predicted octanol–water partition coefficient (Wildman–Crippen LogP) is 7.04. The van der Waals surface area contributed by atoms with Crippen molar-refractivity contribution in [2.24, 2.45) is 17.8 Å². The predicted molar refractivity (Wildman–Crippen MR) is 90.9 cm³/mol. The van der Waals surface area contributed by atoms with Crippen LogP contribution in [0.2, 0.25) is 10.0 Å². The van der Waals surface area contributed by atoms with Crippen LogP contribution in [0.4, 0.5) is 0 Å². The van der Waals surface area contributed by atoms with Crippen LogP contribution in [0.3, 0.4) is 0 Å². The summed E-state index contributed by atoms with van der Waals surface area (Å²) in [6.07, 6.45) is 9.88. The Morgan fingerprint density at radius 1 is 1.00 bits per heavy atom. The number of hydrogen-bond acceptors (Lipinski definition) is 0. The van der Waals surface area contributed by atoms with Crippen molar-refractivity contribution < 1.29 is 0 Å². The molecule has 4 atom stereocenters. The molecule has 20 heavy (non-hydrogen) atoms. The fourth-order valence-corrected chi connectivity index (χ4v) is 5.69. The summed E-state index contributed by atoms with van der Waals surface area (Å²) in [5.41, 5.74) is 1.20. The van der Waals surface area contributed by atoms with Crippen molar-refractivity contribution in [3.8, 4) is 0 Å². The second-order valence-corrected chi connectivity index (χ2v) is 8.28. The zero-order valence-electron chi connectivity index (χ0n) is 11.6. The smallest absolute Gasteiger partial charge is 0.0464 e. The fraction of sp³-hybridized carbons (Fsp3) is 0.647. The normalized spacial score (nSPS) is 31.6. The number of benzene rings is 1. The maximum Gasteiger partial charge on any atom is 0.0464 e. The summed E-state index contributed by atoms with van der Waals surface area (Å²) in [5.74, 6) is 2.67. The summed E-state index contributed by atoms with van der Waals surface area (Å²) < 4.78 is 0. The van der Waals surface area contributed by atoms with Gasteiger partial charge in [-0.05, 0) is 54.7 Å². The van der Waals surface area contributed by atoms with Crippen LogP contribution in [0.5, 0.6) is 0 Å². The average Bonchev–Trinajstić information content (AvgIpc) is 2.46. The van der Waals surface area contributed by atoms with Gasteiger partial charge in [0, 0.05) is 14.9 Å². The molecule has 110 valence electrons. The van der Waals surface area contributed by atoms with E-state index >= 15 is 0 Å². The molecular weight excluding hydrogens is 355 g/mol. The SMILES string of the molecule is Clc1ccc(C(Br)C2CCC3CCCCC3C2)c(Cl)c1. The van der Waals surface area contributed by atoms with Crippen molar-refractivity contribution in [1.29, 1.82) is 0 Å². The molecule has 2 saturated carbocycles. The van der Waals surface area contributed by atoms with Gasteiger partial charge >= 0.3 is 0 Å². The van der Waals surface area contributed by atoms with Crippen molar-refractivity contribution in [2.45, 2.75) is 49.8 Å². The Morgan fingerprint density at radius 2 is 1.75 bits per heavy atom. The lowest BCUT2D eigenvalue weighted by molar-refractivity contribution is 0.129. The third-order valence-corrected chi connectivity index (χ3v) is 7.06. The molecule has 0 aliphatic heterocycles. The largest absolute Gasteiger partial charge is 0.0843 e. The van der Waals surface area contributed by atoms with Crippen LogP contribution in [-0.4, -0.2) is 0 Å². The van der Waals surface area contributed by atoms with Crippen molar-refractivity contribution in [3.05, 3.63) is 33.8 Å². The highest BCUT2D eigenvalue weighted by Crippen LogP contribution is 2.49. The summed E-state index contributed by atoms with van der Waals surface area (Å²) in [6.45, 7) is 0. The molecule has 3 heteroatoms. The monoisotopic (exact) mass is 374 g/mol. The van der Waals surface area contributed by atoms with E-state index in [1.54, 1.807) is 0 Å². The highest BCUT2D eigenvalue weighted by Gasteiger charge is 2.35. The minimum Gasteiger partial charge on any atom is -0.0843 e. The Labute approximate surface area is 140 Å². The van der Waals surface area contributed by atoms with Gasteiger partial charge in [0.25, 0.3) is 0 Å². The van der Waals surface area contributed by atoms with E-state index in [1.165, 1.54) is 50.5 Å². The Hall–Kier alpha value is 0.280. The number of alkyl halides is 1.